The second kappa shape index (κ2) is 9.09. The lowest BCUT2D eigenvalue weighted by molar-refractivity contribution is 0.185. The van der Waals surface area contributed by atoms with Gasteiger partial charge in [0.25, 0.3) is 0 Å². The van der Waals surface area contributed by atoms with Crippen LogP contribution < -0.4 is 15.4 Å². The number of nitrogens with one attached hydrogen (secondary N) is 3. The van der Waals surface area contributed by atoms with Crippen molar-refractivity contribution < 1.29 is 9.47 Å². The molecule has 1 aliphatic rings. The Bertz CT molecular complexity index is 1290. The van der Waals surface area contributed by atoms with E-state index in [0.29, 0.717) is 18.4 Å². The van der Waals surface area contributed by atoms with Crippen molar-refractivity contribution in [2.24, 2.45) is 0 Å². The molecule has 0 bridgehead atoms. The largest absolute Gasteiger partial charge is 0.495 e. The standard InChI is InChI=1S/C25H28N6O2/c1-31-11-9-16-13-22(33-3)21(12-18(16)14-31)28-25-29-23-19(8-10-26-23)24(30-25)27-20-7-5-4-6-17(20)15-32-2/h4-8,10,12-13H,9,11,14-15H2,1-3H3,(H3,26,27,28,29,30). The van der Waals surface area contributed by atoms with E-state index in [2.05, 4.69) is 44.7 Å². The first-order valence-corrected chi connectivity index (χ1v) is 11.0. The number of H-pyrrole nitrogens is 1. The average Bonchev–Trinajstić information content (AvgIpc) is 3.29. The van der Waals surface area contributed by atoms with Gasteiger partial charge in [0.2, 0.25) is 5.95 Å². The smallest absolute Gasteiger partial charge is 0.231 e. The predicted molar refractivity (Wildman–Crippen MR) is 131 cm³/mol. The van der Waals surface area contributed by atoms with E-state index in [0.717, 1.165) is 53.2 Å². The highest BCUT2D eigenvalue weighted by Gasteiger charge is 2.18. The van der Waals surface area contributed by atoms with E-state index in [4.69, 9.17) is 14.5 Å². The summed E-state index contributed by atoms with van der Waals surface area (Å²) in [5.74, 6) is 1.98. The molecule has 0 saturated heterocycles. The zero-order valence-corrected chi connectivity index (χ0v) is 19.1. The highest BCUT2D eigenvalue weighted by Crippen LogP contribution is 2.34. The molecule has 8 nitrogen and oxygen atoms in total. The molecule has 170 valence electrons. The quantitative estimate of drug-likeness (QED) is 0.384. The summed E-state index contributed by atoms with van der Waals surface area (Å²) in [5, 5.41) is 7.76. The van der Waals surface area contributed by atoms with Crippen molar-refractivity contribution >= 4 is 34.2 Å². The van der Waals surface area contributed by atoms with Crippen molar-refractivity contribution in [1.82, 2.24) is 19.9 Å². The zero-order chi connectivity index (χ0) is 22.8. The molecular weight excluding hydrogens is 416 g/mol. The van der Waals surface area contributed by atoms with Crippen molar-refractivity contribution in [1.29, 1.82) is 0 Å². The SMILES string of the molecule is COCc1ccccc1Nc1nc(Nc2cc3c(cc2OC)CCN(C)C3)nc2[nH]ccc12. The Hall–Kier alpha value is -3.62. The van der Waals surface area contributed by atoms with Gasteiger partial charge in [0.15, 0.2) is 0 Å². The average molecular weight is 445 g/mol. The molecule has 2 aromatic carbocycles. The van der Waals surface area contributed by atoms with Crippen LogP contribution in [0.25, 0.3) is 11.0 Å². The number of likely N-dealkylation sites (N-methyl/N-ethyl adjacent to an activating group) is 1. The zero-order valence-electron chi connectivity index (χ0n) is 19.1. The first-order valence-electron chi connectivity index (χ1n) is 11.0. The van der Waals surface area contributed by atoms with Crippen LogP contribution in [0.1, 0.15) is 16.7 Å². The van der Waals surface area contributed by atoms with Crippen molar-refractivity contribution in [2.45, 2.75) is 19.6 Å². The monoisotopic (exact) mass is 444 g/mol. The number of aromatic nitrogens is 3. The number of anilines is 4. The van der Waals surface area contributed by atoms with Gasteiger partial charge in [0.05, 0.1) is 24.8 Å². The second-order valence-corrected chi connectivity index (χ2v) is 8.28. The first kappa shape index (κ1) is 21.2. The van der Waals surface area contributed by atoms with Crippen LogP contribution in [-0.4, -0.2) is 47.7 Å². The van der Waals surface area contributed by atoms with Gasteiger partial charge in [0.1, 0.15) is 17.2 Å². The third-order valence-corrected chi connectivity index (χ3v) is 5.96. The van der Waals surface area contributed by atoms with Gasteiger partial charge in [-0.15, -0.1) is 0 Å². The summed E-state index contributed by atoms with van der Waals surface area (Å²) in [6.07, 6.45) is 2.88. The summed E-state index contributed by atoms with van der Waals surface area (Å²) in [6.45, 7) is 2.47. The third kappa shape index (κ3) is 4.35. The number of benzene rings is 2. The lowest BCUT2D eigenvalue weighted by Gasteiger charge is -2.26. The van der Waals surface area contributed by atoms with E-state index >= 15 is 0 Å². The summed E-state index contributed by atoms with van der Waals surface area (Å²) < 4.78 is 11.0. The number of ether oxygens (including phenoxy) is 2. The van der Waals surface area contributed by atoms with E-state index < -0.39 is 0 Å². The van der Waals surface area contributed by atoms with Crippen molar-refractivity contribution in [2.75, 3.05) is 38.4 Å². The number of methoxy groups -OCH3 is 2. The van der Waals surface area contributed by atoms with Gasteiger partial charge in [-0.2, -0.15) is 9.97 Å². The summed E-state index contributed by atoms with van der Waals surface area (Å²) >= 11 is 0. The Morgan fingerprint density at radius 3 is 2.76 bits per heavy atom. The minimum atomic E-state index is 0.485. The highest BCUT2D eigenvalue weighted by molar-refractivity contribution is 5.90. The number of fused-ring (bicyclic) bond motifs is 2. The summed E-state index contributed by atoms with van der Waals surface area (Å²) in [7, 11) is 5.52. The number of para-hydroxylation sites is 1. The molecule has 33 heavy (non-hydrogen) atoms. The molecule has 0 atom stereocenters. The van der Waals surface area contributed by atoms with Gasteiger partial charge in [-0.05, 0) is 48.9 Å². The van der Waals surface area contributed by atoms with E-state index in [1.54, 1.807) is 14.2 Å². The minimum absolute atomic E-state index is 0.485. The summed E-state index contributed by atoms with van der Waals surface area (Å²) in [6, 6.07) is 14.3. The van der Waals surface area contributed by atoms with Crippen LogP contribution in [0.3, 0.4) is 0 Å². The molecule has 0 saturated carbocycles. The van der Waals surface area contributed by atoms with Crippen molar-refractivity contribution in [3.63, 3.8) is 0 Å². The molecular formula is C25H28N6O2. The molecule has 0 amide bonds. The van der Waals surface area contributed by atoms with Gasteiger partial charge >= 0.3 is 0 Å². The van der Waals surface area contributed by atoms with Crippen LogP contribution in [-0.2, 0) is 24.3 Å². The highest BCUT2D eigenvalue weighted by atomic mass is 16.5. The van der Waals surface area contributed by atoms with Gasteiger partial charge in [-0.3, -0.25) is 0 Å². The number of hydrogen-bond donors (Lipinski definition) is 3. The van der Waals surface area contributed by atoms with Crippen molar-refractivity contribution in [3.8, 4) is 5.75 Å². The van der Waals surface area contributed by atoms with Crippen LogP contribution in [0.15, 0.2) is 48.7 Å². The van der Waals surface area contributed by atoms with Gasteiger partial charge in [-0.25, -0.2) is 0 Å². The summed E-state index contributed by atoms with van der Waals surface area (Å²) in [4.78, 5) is 15.0. The molecule has 0 spiro atoms. The molecule has 0 aliphatic carbocycles. The lowest BCUT2D eigenvalue weighted by atomic mass is 9.99. The number of nitrogens with zero attached hydrogens (tertiary/aromatic N) is 3. The molecule has 3 heterocycles. The molecule has 0 unspecified atom stereocenters. The maximum atomic E-state index is 5.68. The predicted octanol–water partition coefficient (Wildman–Crippen LogP) is 4.59. The fourth-order valence-electron chi connectivity index (χ4n) is 4.26. The third-order valence-electron chi connectivity index (χ3n) is 5.96. The molecule has 4 aromatic rings. The number of hydrogen-bond acceptors (Lipinski definition) is 7. The Morgan fingerprint density at radius 2 is 1.91 bits per heavy atom. The molecule has 1 aliphatic heterocycles. The van der Waals surface area contributed by atoms with Crippen LogP contribution >= 0.6 is 0 Å². The van der Waals surface area contributed by atoms with E-state index in [9.17, 15) is 0 Å². The topological polar surface area (TPSA) is 87.3 Å². The van der Waals surface area contributed by atoms with Gasteiger partial charge in [-0.1, -0.05) is 18.2 Å². The van der Waals surface area contributed by atoms with Gasteiger partial charge in [0, 0.05) is 37.6 Å². The minimum Gasteiger partial charge on any atom is -0.495 e. The van der Waals surface area contributed by atoms with Crippen LogP contribution in [0.4, 0.5) is 23.1 Å². The molecule has 0 fully saturated rings. The van der Waals surface area contributed by atoms with E-state index in [-0.39, 0.29) is 0 Å². The van der Waals surface area contributed by atoms with Crippen LogP contribution in [0.5, 0.6) is 5.75 Å². The van der Waals surface area contributed by atoms with E-state index in [1.165, 1.54) is 11.1 Å². The number of aromatic amines is 1. The normalized spacial score (nSPS) is 13.7. The van der Waals surface area contributed by atoms with Crippen molar-refractivity contribution in [3.05, 3.63) is 65.4 Å². The molecule has 0 radical (unpaired) electrons. The van der Waals surface area contributed by atoms with Gasteiger partial charge < -0.3 is 30.0 Å². The molecule has 8 heteroatoms. The maximum Gasteiger partial charge on any atom is 0.231 e. The Labute approximate surface area is 193 Å². The number of rotatable bonds is 7. The molecule has 5 rings (SSSR count). The van der Waals surface area contributed by atoms with Crippen LogP contribution in [0.2, 0.25) is 0 Å². The first-order chi connectivity index (χ1) is 16.1. The second-order valence-electron chi connectivity index (χ2n) is 8.28. The molecule has 2 aromatic heterocycles. The van der Waals surface area contributed by atoms with Crippen LogP contribution in [0, 0.1) is 0 Å². The Balaban J connectivity index is 1.51. The summed E-state index contributed by atoms with van der Waals surface area (Å²) in [5.41, 5.74) is 6.21. The maximum absolute atomic E-state index is 5.68. The fraction of sp³-hybridized carbons (Fsp3) is 0.280. The Kier molecular flexibility index (Phi) is 5.85. The Morgan fingerprint density at radius 1 is 1.03 bits per heavy atom. The lowest BCUT2D eigenvalue weighted by Crippen LogP contribution is -2.26. The van der Waals surface area contributed by atoms with E-state index in [1.807, 2.05) is 36.5 Å². The fourth-order valence-corrected chi connectivity index (χ4v) is 4.26. The molecule has 3 N–H and O–H groups in total.